The molecule has 0 atom stereocenters. The third-order valence-electron chi connectivity index (χ3n) is 3.31. The maximum atomic E-state index is 9.12. The maximum Gasteiger partial charge on any atom is 0.178 e. The van der Waals surface area contributed by atoms with Gasteiger partial charge in [0.15, 0.2) is 17.2 Å². The molecule has 8 heteroatoms. The Morgan fingerprint density at radius 1 is 1.26 bits per heavy atom. The number of nitrogens with one attached hydrogen (secondary N) is 1. The molecule has 0 saturated heterocycles. The second kappa shape index (κ2) is 5.48. The van der Waals surface area contributed by atoms with E-state index in [1.807, 2.05) is 6.07 Å². The largest absolute Gasteiger partial charge is 0.396 e. The number of halogens is 1. The molecule has 0 unspecified atom stereocenters. The van der Waals surface area contributed by atoms with Crippen LogP contribution in [0.25, 0.3) is 5.65 Å². The van der Waals surface area contributed by atoms with E-state index in [-0.39, 0.29) is 5.69 Å². The molecule has 0 aliphatic rings. The lowest BCUT2D eigenvalue weighted by Gasteiger charge is -2.10. The molecule has 2 heterocycles. The third kappa shape index (κ3) is 2.50. The molecule has 3 aromatic rings. The number of fused-ring (bicyclic) bond motifs is 1. The van der Waals surface area contributed by atoms with Crippen LogP contribution in [-0.4, -0.2) is 14.6 Å². The molecule has 1 aromatic carbocycles. The van der Waals surface area contributed by atoms with Gasteiger partial charge in [-0.15, -0.1) is 5.10 Å². The van der Waals surface area contributed by atoms with Gasteiger partial charge in [-0.3, -0.25) is 0 Å². The lowest BCUT2D eigenvalue weighted by Crippen LogP contribution is -2.04. The number of nitrogens with zero attached hydrogens (tertiary/aromatic N) is 5. The van der Waals surface area contributed by atoms with Crippen LogP contribution in [0.2, 0.25) is 5.02 Å². The van der Waals surface area contributed by atoms with E-state index < -0.39 is 0 Å². The average molecular weight is 324 g/mol. The van der Waals surface area contributed by atoms with Crippen molar-refractivity contribution in [1.82, 2.24) is 14.6 Å². The number of hydrogen-bond donors (Lipinski definition) is 2. The summed E-state index contributed by atoms with van der Waals surface area (Å²) < 4.78 is 1.35. The van der Waals surface area contributed by atoms with Crippen LogP contribution in [-0.2, 0) is 0 Å². The van der Waals surface area contributed by atoms with Gasteiger partial charge in [0.2, 0.25) is 0 Å². The minimum Gasteiger partial charge on any atom is -0.396 e. The van der Waals surface area contributed by atoms with E-state index in [4.69, 9.17) is 27.9 Å². The van der Waals surface area contributed by atoms with Crippen molar-refractivity contribution in [1.29, 1.82) is 10.5 Å². The molecular formula is C15H10ClN7. The highest BCUT2D eigenvalue weighted by Gasteiger charge is 2.11. The summed E-state index contributed by atoms with van der Waals surface area (Å²) in [4.78, 5) is 4.05. The number of aryl methyl sites for hydroxylation is 1. The second-order valence-electron chi connectivity index (χ2n) is 4.86. The smallest absolute Gasteiger partial charge is 0.178 e. The van der Waals surface area contributed by atoms with Gasteiger partial charge in [-0.1, -0.05) is 11.6 Å². The van der Waals surface area contributed by atoms with Gasteiger partial charge in [0.25, 0.3) is 0 Å². The van der Waals surface area contributed by atoms with E-state index in [1.54, 1.807) is 25.1 Å². The molecule has 0 saturated carbocycles. The Bertz CT molecular complexity index is 1010. The van der Waals surface area contributed by atoms with Gasteiger partial charge in [-0.2, -0.15) is 15.0 Å². The molecule has 0 spiro atoms. The van der Waals surface area contributed by atoms with Crippen LogP contribution in [0.5, 0.6) is 0 Å². The Morgan fingerprint density at radius 2 is 2.04 bits per heavy atom. The Morgan fingerprint density at radius 3 is 2.74 bits per heavy atom. The zero-order valence-corrected chi connectivity index (χ0v) is 12.8. The van der Waals surface area contributed by atoms with E-state index in [0.29, 0.717) is 33.4 Å². The number of nitrogens with two attached hydrogens (primary N) is 1. The van der Waals surface area contributed by atoms with Gasteiger partial charge in [0.05, 0.1) is 34.2 Å². The van der Waals surface area contributed by atoms with Crippen molar-refractivity contribution < 1.29 is 0 Å². The molecule has 0 aliphatic heterocycles. The van der Waals surface area contributed by atoms with Gasteiger partial charge in [0.1, 0.15) is 6.07 Å². The van der Waals surface area contributed by atoms with Crippen LogP contribution >= 0.6 is 11.6 Å². The Balaban J connectivity index is 2.09. The molecule has 0 radical (unpaired) electrons. The van der Waals surface area contributed by atoms with Crippen molar-refractivity contribution in [2.45, 2.75) is 6.92 Å². The number of nitriles is 2. The summed E-state index contributed by atoms with van der Waals surface area (Å²) in [6, 6.07) is 9.02. The highest BCUT2D eigenvalue weighted by Crippen LogP contribution is 2.29. The second-order valence-corrected chi connectivity index (χ2v) is 5.27. The van der Waals surface area contributed by atoms with Crippen LogP contribution < -0.4 is 11.1 Å². The maximum absolute atomic E-state index is 9.12. The Kier molecular flexibility index (Phi) is 3.49. The molecule has 3 rings (SSSR count). The number of benzene rings is 1. The fraction of sp³-hybridized carbons (Fsp3) is 0.0667. The predicted octanol–water partition coefficient (Wildman–Crippen LogP) is 2.76. The van der Waals surface area contributed by atoms with Crippen LogP contribution in [0, 0.1) is 29.6 Å². The zero-order chi connectivity index (χ0) is 16.6. The van der Waals surface area contributed by atoms with Crippen molar-refractivity contribution in [3.8, 4) is 12.1 Å². The van der Waals surface area contributed by atoms with Gasteiger partial charge in [-0.25, -0.2) is 4.98 Å². The third-order valence-corrected chi connectivity index (χ3v) is 3.62. The fourth-order valence-electron chi connectivity index (χ4n) is 2.16. The summed E-state index contributed by atoms with van der Waals surface area (Å²) in [5, 5.41) is 25.9. The van der Waals surface area contributed by atoms with Crippen molar-refractivity contribution in [3.05, 3.63) is 46.2 Å². The lowest BCUT2D eigenvalue weighted by atomic mass is 10.1. The summed E-state index contributed by atoms with van der Waals surface area (Å²) in [6.07, 6.45) is 1.40. The SMILES string of the molecule is Cc1cc(Cl)c(Nc2cc(N)c3ncc(C#N)n3n2)cc1C#N. The average Bonchev–Trinajstić information content (AvgIpc) is 2.93. The summed E-state index contributed by atoms with van der Waals surface area (Å²) in [5.41, 5.74) is 8.79. The summed E-state index contributed by atoms with van der Waals surface area (Å²) in [7, 11) is 0. The molecular weight excluding hydrogens is 314 g/mol. The number of imidazole rings is 1. The van der Waals surface area contributed by atoms with Gasteiger partial charge in [-0.05, 0) is 24.6 Å². The molecule has 112 valence electrons. The first-order chi connectivity index (χ1) is 11.0. The number of rotatable bonds is 2. The van der Waals surface area contributed by atoms with Crippen LogP contribution in [0.4, 0.5) is 17.2 Å². The minimum atomic E-state index is 0.267. The predicted molar refractivity (Wildman–Crippen MR) is 86.3 cm³/mol. The molecule has 0 bridgehead atoms. The standard InChI is InChI=1S/C15H10ClN7/c1-8-2-11(16)13(3-9(8)5-17)21-14-4-12(19)15-20-7-10(6-18)23(15)22-14/h2-4,7H,19H2,1H3,(H,21,22). The zero-order valence-electron chi connectivity index (χ0n) is 12.0. The number of anilines is 3. The first-order valence-corrected chi connectivity index (χ1v) is 6.93. The van der Waals surface area contributed by atoms with E-state index in [0.717, 1.165) is 5.56 Å². The fourth-order valence-corrected chi connectivity index (χ4v) is 2.42. The summed E-state index contributed by atoms with van der Waals surface area (Å²) in [6.45, 7) is 1.81. The van der Waals surface area contributed by atoms with Gasteiger partial charge < -0.3 is 11.1 Å². The molecule has 7 nitrogen and oxygen atoms in total. The van der Waals surface area contributed by atoms with Gasteiger partial charge >= 0.3 is 0 Å². The molecule has 0 aliphatic carbocycles. The van der Waals surface area contributed by atoms with E-state index in [2.05, 4.69) is 21.5 Å². The molecule has 0 amide bonds. The van der Waals surface area contributed by atoms with Gasteiger partial charge in [0, 0.05) is 6.07 Å². The minimum absolute atomic E-state index is 0.267. The Hall–Kier alpha value is -3.29. The highest BCUT2D eigenvalue weighted by molar-refractivity contribution is 6.33. The topological polar surface area (TPSA) is 116 Å². The number of aromatic nitrogens is 3. The first-order valence-electron chi connectivity index (χ1n) is 6.55. The van der Waals surface area contributed by atoms with Crippen molar-refractivity contribution in [3.63, 3.8) is 0 Å². The van der Waals surface area contributed by atoms with Crippen molar-refractivity contribution in [2.75, 3.05) is 11.1 Å². The molecule has 2 aromatic heterocycles. The van der Waals surface area contributed by atoms with Crippen molar-refractivity contribution in [2.24, 2.45) is 0 Å². The summed E-state index contributed by atoms with van der Waals surface area (Å²) >= 11 is 6.20. The van der Waals surface area contributed by atoms with E-state index in [9.17, 15) is 0 Å². The van der Waals surface area contributed by atoms with Crippen LogP contribution in [0.1, 0.15) is 16.8 Å². The Labute approximate surface area is 136 Å². The first kappa shape index (κ1) is 14.6. The molecule has 23 heavy (non-hydrogen) atoms. The van der Waals surface area contributed by atoms with Crippen LogP contribution in [0.3, 0.4) is 0 Å². The van der Waals surface area contributed by atoms with Crippen molar-refractivity contribution >= 4 is 34.4 Å². The van der Waals surface area contributed by atoms with E-state index in [1.165, 1.54) is 10.7 Å². The van der Waals surface area contributed by atoms with Crippen LogP contribution in [0.15, 0.2) is 24.4 Å². The van der Waals surface area contributed by atoms with E-state index >= 15 is 0 Å². The normalized spacial score (nSPS) is 10.3. The lowest BCUT2D eigenvalue weighted by molar-refractivity contribution is 0.928. The highest BCUT2D eigenvalue weighted by atomic mass is 35.5. The molecule has 3 N–H and O–H groups in total. The quantitative estimate of drug-likeness (QED) is 0.749. The molecule has 0 fully saturated rings. The monoisotopic (exact) mass is 323 g/mol. The number of hydrogen-bond acceptors (Lipinski definition) is 6. The number of nitrogen functional groups attached to an aromatic ring is 1. The summed E-state index contributed by atoms with van der Waals surface area (Å²) in [5.74, 6) is 0.388.